The smallest absolute Gasteiger partial charge is 0.278 e. The minimum absolute atomic E-state index is 0.166. The van der Waals surface area contributed by atoms with Gasteiger partial charge in [0.15, 0.2) is 0 Å². The highest BCUT2D eigenvalue weighted by atomic mass is 16.6. The number of benzene rings is 2. The van der Waals surface area contributed by atoms with Gasteiger partial charge in [0, 0.05) is 23.8 Å². The summed E-state index contributed by atoms with van der Waals surface area (Å²) >= 11 is 0. The van der Waals surface area contributed by atoms with Gasteiger partial charge in [-0.15, -0.1) is 0 Å². The number of rotatable bonds is 3. The van der Waals surface area contributed by atoms with Crippen LogP contribution in [-0.4, -0.2) is 28.0 Å². The number of carbonyl (C=O) groups excluding carboxylic acids is 1. The zero-order valence-corrected chi connectivity index (χ0v) is 12.1. The molecule has 0 radical (unpaired) electrons. The van der Waals surface area contributed by atoms with Gasteiger partial charge in [0.1, 0.15) is 6.54 Å². The molecule has 0 fully saturated rings. The Balaban J connectivity index is 2.26. The van der Waals surface area contributed by atoms with Crippen molar-refractivity contribution in [2.45, 2.75) is 0 Å². The molecule has 1 amide bonds. The molecule has 1 heterocycles. The number of hydrogen-bond acceptors (Lipinski definition) is 6. The van der Waals surface area contributed by atoms with Gasteiger partial charge in [-0.25, -0.2) is 0 Å². The molecule has 0 aromatic heterocycles. The predicted octanol–water partition coefficient (Wildman–Crippen LogP) is 2.29. The van der Waals surface area contributed by atoms with E-state index in [1.807, 2.05) is 0 Å². The Kier molecular flexibility index (Phi) is 3.74. The zero-order chi connectivity index (χ0) is 17.3. The number of anilines is 1. The lowest BCUT2D eigenvalue weighted by molar-refractivity contribution is -0.385. The zero-order valence-electron chi connectivity index (χ0n) is 12.1. The second-order valence-corrected chi connectivity index (χ2v) is 4.97. The van der Waals surface area contributed by atoms with E-state index in [1.54, 1.807) is 6.07 Å². The molecule has 2 aromatic carbocycles. The number of hydrogen-bond donors (Lipinski definition) is 1. The molecule has 9 nitrogen and oxygen atoms in total. The lowest BCUT2D eigenvalue weighted by atomic mass is 9.98. The van der Waals surface area contributed by atoms with Gasteiger partial charge < -0.3 is 5.32 Å². The summed E-state index contributed by atoms with van der Waals surface area (Å²) in [5.74, 6) is -0.404. The first-order valence-electron chi connectivity index (χ1n) is 6.84. The average molecular weight is 326 g/mol. The van der Waals surface area contributed by atoms with Gasteiger partial charge in [-0.05, 0) is 12.1 Å². The number of nitro benzene ring substituents is 2. The quantitative estimate of drug-likeness (QED) is 0.683. The Morgan fingerprint density at radius 2 is 1.75 bits per heavy atom. The summed E-state index contributed by atoms with van der Waals surface area (Å²) in [6.45, 7) is -0.232. The van der Waals surface area contributed by atoms with Crippen LogP contribution in [0.5, 0.6) is 0 Å². The van der Waals surface area contributed by atoms with E-state index >= 15 is 0 Å². The molecule has 1 aliphatic rings. The number of aliphatic imine (C=N–C) groups is 1. The topological polar surface area (TPSA) is 128 Å². The summed E-state index contributed by atoms with van der Waals surface area (Å²) < 4.78 is 0. The lowest BCUT2D eigenvalue weighted by Crippen LogP contribution is -2.13. The highest BCUT2D eigenvalue weighted by Crippen LogP contribution is 2.30. The van der Waals surface area contributed by atoms with Crippen molar-refractivity contribution in [2.24, 2.45) is 4.99 Å². The molecule has 120 valence electrons. The highest BCUT2D eigenvalue weighted by Gasteiger charge is 2.25. The lowest BCUT2D eigenvalue weighted by Gasteiger charge is -2.10. The van der Waals surface area contributed by atoms with Crippen molar-refractivity contribution >= 4 is 28.7 Å². The molecule has 9 heteroatoms. The molecule has 0 saturated heterocycles. The fourth-order valence-corrected chi connectivity index (χ4v) is 2.44. The number of nitrogens with zero attached hydrogens (tertiary/aromatic N) is 3. The summed E-state index contributed by atoms with van der Waals surface area (Å²) in [5, 5.41) is 24.9. The fourth-order valence-electron chi connectivity index (χ4n) is 2.44. The van der Waals surface area contributed by atoms with E-state index in [4.69, 9.17) is 0 Å². The van der Waals surface area contributed by atoms with Crippen molar-refractivity contribution in [3.05, 3.63) is 73.8 Å². The molecule has 0 bridgehead atoms. The first-order chi connectivity index (χ1) is 11.5. The largest absolute Gasteiger partial charge is 0.324 e. The van der Waals surface area contributed by atoms with E-state index in [9.17, 15) is 25.0 Å². The van der Waals surface area contributed by atoms with Gasteiger partial charge in [-0.3, -0.25) is 30.0 Å². The van der Waals surface area contributed by atoms with Gasteiger partial charge in [-0.2, -0.15) is 0 Å². The van der Waals surface area contributed by atoms with Gasteiger partial charge >= 0.3 is 0 Å². The van der Waals surface area contributed by atoms with Crippen molar-refractivity contribution < 1.29 is 14.6 Å². The SMILES string of the molecule is O=C1CN=C(c2ccccc2[N+](=O)[O-])c2cc([N+](=O)[O-])ccc2N1. The summed E-state index contributed by atoms with van der Waals surface area (Å²) in [6, 6.07) is 9.81. The minimum atomic E-state index is -0.579. The van der Waals surface area contributed by atoms with E-state index in [2.05, 4.69) is 10.3 Å². The Bertz CT molecular complexity index is 906. The molecule has 2 aromatic rings. The molecule has 0 saturated carbocycles. The maximum atomic E-state index is 11.8. The molecular formula is C15H10N4O5. The summed E-state index contributed by atoms with van der Waals surface area (Å²) in [7, 11) is 0. The van der Waals surface area contributed by atoms with Crippen molar-refractivity contribution in [3.63, 3.8) is 0 Å². The fraction of sp³-hybridized carbons (Fsp3) is 0.0667. The van der Waals surface area contributed by atoms with Crippen LogP contribution in [0.1, 0.15) is 11.1 Å². The van der Waals surface area contributed by atoms with Crippen LogP contribution in [0.2, 0.25) is 0 Å². The standard InChI is InChI=1S/C15H10N4O5/c20-14-8-16-15(10-3-1-2-4-13(10)19(23)24)11-7-9(18(21)22)5-6-12(11)17-14/h1-7H,8H2,(H,17,20). The monoisotopic (exact) mass is 326 g/mol. The maximum absolute atomic E-state index is 11.8. The van der Waals surface area contributed by atoms with Gasteiger partial charge in [0.25, 0.3) is 11.4 Å². The normalized spacial score (nSPS) is 13.3. The van der Waals surface area contributed by atoms with Crippen molar-refractivity contribution in [1.82, 2.24) is 0 Å². The number of benzodiazepines with no additional fused rings is 1. The number of amides is 1. The van der Waals surface area contributed by atoms with E-state index in [-0.39, 0.29) is 34.8 Å². The third kappa shape index (κ3) is 2.70. The average Bonchev–Trinajstić information content (AvgIpc) is 2.72. The molecule has 3 rings (SSSR count). The summed E-state index contributed by atoms with van der Waals surface area (Å²) in [4.78, 5) is 37.1. The first-order valence-corrected chi connectivity index (χ1v) is 6.84. The molecule has 0 unspecified atom stereocenters. The van der Waals surface area contributed by atoms with Crippen LogP contribution < -0.4 is 5.32 Å². The molecule has 1 aliphatic heterocycles. The highest BCUT2D eigenvalue weighted by molar-refractivity contribution is 6.21. The van der Waals surface area contributed by atoms with E-state index in [0.717, 1.165) is 0 Å². The molecule has 24 heavy (non-hydrogen) atoms. The third-order valence-corrected chi connectivity index (χ3v) is 3.48. The van der Waals surface area contributed by atoms with Crippen LogP contribution >= 0.6 is 0 Å². The predicted molar refractivity (Wildman–Crippen MR) is 85.3 cm³/mol. The molecular weight excluding hydrogens is 316 g/mol. The first kappa shape index (κ1) is 15.3. The van der Waals surface area contributed by atoms with Crippen molar-refractivity contribution in [2.75, 3.05) is 11.9 Å². The van der Waals surface area contributed by atoms with Crippen molar-refractivity contribution in [1.29, 1.82) is 0 Å². The maximum Gasteiger partial charge on any atom is 0.278 e. The number of para-hydroxylation sites is 1. The van der Waals surface area contributed by atoms with E-state index < -0.39 is 15.8 Å². The summed E-state index contributed by atoms with van der Waals surface area (Å²) in [6.07, 6.45) is 0. The Hall–Kier alpha value is -3.62. The van der Waals surface area contributed by atoms with Crippen LogP contribution in [-0.2, 0) is 4.79 Å². The van der Waals surface area contributed by atoms with Crippen LogP contribution in [0.15, 0.2) is 47.5 Å². The van der Waals surface area contributed by atoms with Crippen molar-refractivity contribution in [3.8, 4) is 0 Å². The summed E-state index contributed by atoms with van der Waals surface area (Å²) in [5.41, 5.74) is 0.559. The minimum Gasteiger partial charge on any atom is -0.324 e. The molecule has 0 aliphatic carbocycles. The molecule has 1 N–H and O–H groups in total. The second-order valence-electron chi connectivity index (χ2n) is 4.97. The molecule has 0 spiro atoms. The van der Waals surface area contributed by atoms with Crippen LogP contribution in [0, 0.1) is 20.2 Å². The Labute approximate surface area is 134 Å². The van der Waals surface area contributed by atoms with E-state index in [1.165, 1.54) is 36.4 Å². The van der Waals surface area contributed by atoms with Gasteiger partial charge in [-0.1, -0.05) is 12.1 Å². The molecule has 0 atom stereocenters. The number of carbonyl (C=O) groups is 1. The number of nitro groups is 2. The van der Waals surface area contributed by atoms with Crippen LogP contribution in [0.25, 0.3) is 0 Å². The second kappa shape index (κ2) is 5.88. The Morgan fingerprint density at radius 3 is 2.46 bits per heavy atom. The number of non-ortho nitro benzene ring substituents is 1. The number of fused-ring (bicyclic) bond motifs is 1. The Morgan fingerprint density at radius 1 is 1.00 bits per heavy atom. The van der Waals surface area contributed by atoms with Gasteiger partial charge in [0.2, 0.25) is 5.91 Å². The van der Waals surface area contributed by atoms with Crippen LogP contribution in [0.3, 0.4) is 0 Å². The third-order valence-electron chi connectivity index (χ3n) is 3.48. The number of nitrogens with one attached hydrogen (secondary N) is 1. The van der Waals surface area contributed by atoms with Gasteiger partial charge in [0.05, 0.1) is 26.8 Å². The van der Waals surface area contributed by atoms with Crippen LogP contribution in [0.4, 0.5) is 17.1 Å². The van der Waals surface area contributed by atoms with E-state index in [0.29, 0.717) is 5.69 Å².